The molecule has 0 saturated carbocycles. The minimum absolute atomic E-state index is 0. The van der Waals surface area contributed by atoms with E-state index in [-0.39, 0.29) is 69.7 Å². The van der Waals surface area contributed by atoms with Crippen LogP contribution in [0.5, 0.6) is 0 Å². The van der Waals surface area contributed by atoms with E-state index in [1.807, 2.05) is 42.5 Å². The quantitative estimate of drug-likeness (QED) is 0.394. The van der Waals surface area contributed by atoms with Crippen LogP contribution in [0.2, 0.25) is 0 Å². The summed E-state index contributed by atoms with van der Waals surface area (Å²) in [5.74, 6) is 0. The van der Waals surface area contributed by atoms with Crippen LogP contribution in [0.1, 0.15) is 0 Å². The van der Waals surface area contributed by atoms with Crippen LogP contribution < -0.4 is 0 Å². The summed E-state index contributed by atoms with van der Waals surface area (Å²) >= 11 is 0. The zero-order valence-electron chi connectivity index (χ0n) is 11.3. The molecule has 5 heteroatoms. The van der Waals surface area contributed by atoms with Crippen molar-refractivity contribution in [2.75, 3.05) is 6.61 Å². The predicted molar refractivity (Wildman–Crippen MR) is 91.9 cm³/mol. The van der Waals surface area contributed by atoms with Gasteiger partial charge in [-0.1, -0.05) is 42.5 Å². The maximum absolute atomic E-state index is 12.3. The van der Waals surface area contributed by atoms with E-state index in [2.05, 4.69) is 6.58 Å². The molecule has 0 aliphatic carbocycles. The standard InChI is InChI=1S/C17H14O3S.Rb.H/c1-2-10-20-21(18,19)17-9-5-8-15-11-13-6-3-4-7-14(13)12-16(15)17;;/h2-9,11-12H,1,10H2;;. The van der Waals surface area contributed by atoms with Crippen LogP contribution in [-0.4, -0.2) is 73.2 Å². The molecule has 3 aromatic carbocycles. The first kappa shape index (κ1) is 18.0. The molecule has 0 aliphatic rings. The van der Waals surface area contributed by atoms with E-state index < -0.39 is 10.1 Å². The monoisotopic (exact) mass is 384 g/mol. The molecule has 0 unspecified atom stereocenters. The molecule has 0 heterocycles. The van der Waals surface area contributed by atoms with Crippen LogP contribution in [0.3, 0.4) is 0 Å². The molecule has 0 atom stereocenters. The average molecular weight is 385 g/mol. The minimum atomic E-state index is -3.79. The van der Waals surface area contributed by atoms with Crippen molar-refractivity contribution in [3.05, 3.63) is 67.3 Å². The summed E-state index contributed by atoms with van der Waals surface area (Å²) in [6.45, 7) is 3.44. The van der Waals surface area contributed by atoms with Gasteiger partial charge in [0.05, 0.1) is 6.61 Å². The molecular formula is C17H15O3RbS. The molecule has 0 bridgehead atoms. The van der Waals surface area contributed by atoms with Gasteiger partial charge in [0, 0.05) is 5.39 Å². The van der Waals surface area contributed by atoms with Crippen LogP contribution in [-0.2, 0) is 14.3 Å². The maximum atomic E-state index is 12.3. The molecule has 108 valence electrons. The molecule has 0 fully saturated rings. The molecule has 0 N–H and O–H groups in total. The molecule has 3 rings (SSSR count). The fourth-order valence-electron chi connectivity index (χ4n) is 2.36. The summed E-state index contributed by atoms with van der Waals surface area (Å²) in [7, 11) is -3.79. The summed E-state index contributed by atoms with van der Waals surface area (Å²) in [6.07, 6.45) is 1.41. The fraction of sp³-hybridized carbons (Fsp3) is 0.0588. The Balaban J connectivity index is 0.00000176. The van der Waals surface area contributed by atoms with Gasteiger partial charge in [0.1, 0.15) is 4.90 Å². The number of fused-ring (bicyclic) bond motifs is 2. The van der Waals surface area contributed by atoms with Gasteiger partial charge in [0.25, 0.3) is 10.1 Å². The van der Waals surface area contributed by atoms with Gasteiger partial charge in [0.15, 0.2) is 0 Å². The predicted octanol–water partition coefficient (Wildman–Crippen LogP) is 3.24. The first-order valence-electron chi connectivity index (χ1n) is 6.54. The van der Waals surface area contributed by atoms with E-state index in [1.165, 1.54) is 6.08 Å². The Morgan fingerprint density at radius 2 is 1.59 bits per heavy atom. The number of benzene rings is 3. The van der Waals surface area contributed by atoms with Crippen molar-refractivity contribution in [2.45, 2.75) is 4.90 Å². The molecule has 22 heavy (non-hydrogen) atoms. The van der Waals surface area contributed by atoms with E-state index in [9.17, 15) is 8.42 Å². The van der Waals surface area contributed by atoms with E-state index in [0.29, 0.717) is 5.39 Å². The van der Waals surface area contributed by atoms with Gasteiger partial charge in [-0.05, 0) is 34.4 Å². The van der Waals surface area contributed by atoms with E-state index >= 15 is 0 Å². The van der Waals surface area contributed by atoms with Crippen LogP contribution in [0.4, 0.5) is 0 Å². The molecule has 0 aliphatic heterocycles. The van der Waals surface area contributed by atoms with Gasteiger partial charge in [0.2, 0.25) is 0 Å². The van der Waals surface area contributed by atoms with E-state index in [0.717, 1.165) is 16.2 Å². The van der Waals surface area contributed by atoms with Crippen molar-refractivity contribution >= 4 is 89.9 Å². The summed E-state index contributed by atoms with van der Waals surface area (Å²) in [4.78, 5) is 0.188. The molecule has 0 spiro atoms. The number of hydrogen-bond donors (Lipinski definition) is 0. The first-order chi connectivity index (χ1) is 10.1. The van der Waals surface area contributed by atoms with Crippen molar-refractivity contribution in [1.82, 2.24) is 0 Å². The van der Waals surface area contributed by atoms with Crippen molar-refractivity contribution in [3.8, 4) is 0 Å². The Kier molecular flexibility index (Phi) is 6.11. The summed E-state index contributed by atoms with van der Waals surface area (Å²) in [5, 5.41) is 3.61. The van der Waals surface area contributed by atoms with Crippen molar-refractivity contribution in [1.29, 1.82) is 0 Å². The summed E-state index contributed by atoms with van der Waals surface area (Å²) < 4.78 is 29.5. The van der Waals surface area contributed by atoms with Gasteiger partial charge in [-0.25, -0.2) is 0 Å². The number of rotatable bonds is 4. The van der Waals surface area contributed by atoms with Gasteiger partial charge < -0.3 is 0 Å². The molecular weight excluding hydrogens is 370 g/mol. The Labute approximate surface area is 178 Å². The third-order valence-corrected chi connectivity index (χ3v) is 4.66. The molecule has 0 saturated heterocycles. The third-order valence-electron chi connectivity index (χ3n) is 3.32. The van der Waals surface area contributed by atoms with Crippen LogP contribution in [0.25, 0.3) is 21.5 Å². The molecule has 0 amide bonds. The van der Waals surface area contributed by atoms with Crippen LogP contribution in [0.15, 0.2) is 72.1 Å². The van der Waals surface area contributed by atoms with Gasteiger partial charge in [-0.3, -0.25) is 4.18 Å². The second-order valence-corrected chi connectivity index (χ2v) is 6.29. The molecule has 0 aromatic heterocycles. The zero-order valence-corrected chi connectivity index (χ0v) is 12.1. The number of hydrogen-bond acceptors (Lipinski definition) is 3. The summed E-state index contributed by atoms with van der Waals surface area (Å²) in [5.41, 5.74) is 0. The fourth-order valence-corrected chi connectivity index (χ4v) is 3.45. The topological polar surface area (TPSA) is 43.4 Å². The Morgan fingerprint density at radius 1 is 0.955 bits per heavy atom. The van der Waals surface area contributed by atoms with Gasteiger partial charge in [-0.2, -0.15) is 8.42 Å². The SMILES string of the molecule is C=CCOS(=O)(=O)c1cccc2cc3ccccc3cc12.[RbH]. The third kappa shape index (κ3) is 3.58. The van der Waals surface area contributed by atoms with E-state index in [4.69, 9.17) is 4.18 Å². The van der Waals surface area contributed by atoms with Crippen LogP contribution >= 0.6 is 0 Å². The Morgan fingerprint density at radius 3 is 2.27 bits per heavy atom. The summed E-state index contributed by atoms with van der Waals surface area (Å²) in [6, 6.07) is 16.9. The van der Waals surface area contributed by atoms with Crippen molar-refractivity contribution in [2.24, 2.45) is 0 Å². The average Bonchev–Trinajstić information content (AvgIpc) is 2.50. The van der Waals surface area contributed by atoms with Crippen molar-refractivity contribution in [3.63, 3.8) is 0 Å². The Bertz CT molecular complexity index is 933. The van der Waals surface area contributed by atoms with Crippen LogP contribution in [0, 0.1) is 0 Å². The van der Waals surface area contributed by atoms with Crippen molar-refractivity contribution < 1.29 is 12.6 Å². The molecule has 0 radical (unpaired) electrons. The Hall–Kier alpha value is -0.365. The zero-order chi connectivity index (χ0) is 14.9. The van der Waals surface area contributed by atoms with Gasteiger partial charge >= 0.3 is 58.2 Å². The second kappa shape index (κ2) is 7.47. The molecule has 3 nitrogen and oxygen atoms in total. The second-order valence-electron chi connectivity index (χ2n) is 4.70. The molecule has 3 aromatic rings. The van der Waals surface area contributed by atoms with E-state index in [1.54, 1.807) is 12.1 Å². The normalized spacial score (nSPS) is 11.3. The van der Waals surface area contributed by atoms with Gasteiger partial charge in [-0.15, -0.1) is 6.58 Å². The first-order valence-corrected chi connectivity index (χ1v) is 7.94.